The molecule has 1 aromatic carbocycles. The van der Waals surface area contributed by atoms with Crippen LogP contribution in [0, 0.1) is 5.41 Å². The van der Waals surface area contributed by atoms with Crippen molar-refractivity contribution in [1.29, 1.82) is 0 Å². The number of hydrogen-bond donors (Lipinski definition) is 2. The average Bonchev–Trinajstić information content (AvgIpc) is 2.50. The fourth-order valence-corrected chi connectivity index (χ4v) is 2.95. The molecule has 0 spiro atoms. The molecule has 0 aliphatic carbocycles. The predicted molar refractivity (Wildman–Crippen MR) is 81.0 cm³/mol. The van der Waals surface area contributed by atoms with Crippen molar-refractivity contribution in [3.63, 3.8) is 0 Å². The molecule has 5 nitrogen and oxygen atoms in total. The van der Waals surface area contributed by atoms with Gasteiger partial charge in [-0.2, -0.15) is 0 Å². The first-order valence-electron chi connectivity index (χ1n) is 7.30. The van der Waals surface area contributed by atoms with Gasteiger partial charge in [0.25, 0.3) is 0 Å². The maximum absolute atomic E-state index is 12.9. The first-order valence-corrected chi connectivity index (χ1v) is 7.30. The van der Waals surface area contributed by atoms with Gasteiger partial charge < -0.3 is 20.1 Å². The summed E-state index contributed by atoms with van der Waals surface area (Å²) in [5.41, 5.74) is 0.594. The number of methoxy groups -OCH3 is 1. The van der Waals surface area contributed by atoms with Crippen molar-refractivity contribution < 1.29 is 14.6 Å². The molecule has 1 heterocycles. The summed E-state index contributed by atoms with van der Waals surface area (Å²) in [5, 5.41) is 12.6. The summed E-state index contributed by atoms with van der Waals surface area (Å²) < 4.78 is 5.31. The van der Waals surface area contributed by atoms with Crippen molar-refractivity contribution in [1.82, 2.24) is 10.2 Å². The number of phenolic OH excluding ortho intramolecular Hbond substituents is 1. The molecule has 0 atom stereocenters. The molecule has 2 rings (SSSR count). The zero-order chi connectivity index (χ0) is 15.3. The number of piperidine rings is 1. The number of nitrogens with one attached hydrogen (secondary N) is 1. The van der Waals surface area contributed by atoms with Crippen molar-refractivity contribution >= 4 is 5.91 Å². The first-order chi connectivity index (χ1) is 10.1. The molecule has 0 radical (unpaired) electrons. The molecule has 0 bridgehead atoms. The Hall–Kier alpha value is -1.59. The van der Waals surface area contributed by atoms with E-state index in [4.69, 9.17) is 4.74 Å². The lowest BCUT2D eigenvalue weighted by atomic mass is 9.78. The fraction of sp³-hybridized carbons (Fsp3) is 0.562. The van der Waals surface area contributed by atoms with E-state index >= 15 is 0 Å². The molecule has 1 aliphatic rings. The molecular weight excluding hydrogens is 268 g/mol. The SMILES string of the molecule is COCC1(C(=O)N(C)Cc2ccc(O)cc2)CCNCC1. The summed E-state index contributed by atoms with van der Waals surface area (Å²) in [6.45, 7) is 2.70. The molecule has 1 saturated heterocycles. The Balaban J connectivity index is 2.07. The summed E-state index contributed by atoms with van der Waals surface area (Å²) in [4.78, 5) is 14.6. The Kier molecular flexibility index (Phi) is 5.20. The Morgan fingerprint density at radius 3 is 2.52 bits per heavy atom. The van der Waals surface area contributed by atoms with Crippen LogP contribution >= 0.6 is 0 Å². The minimum Gasteiger partial charge on any atom is -0.508 e. The lowest BCUT2D eigenvalue weighted by molar-refractivity contribution is -0.146. The molecule has 0 saturated carbocycles. The second-order valence-electron chi connectivity index (χ2n) is 5.79. The van der Waals surface area contributed by atoms with Gasteiger partial charge in [-0.05, 0) is 43.6 Å². The third kappa shape index (κ3) is 3.74. The van der Waals surface area contributed by atoms with Crippen LogP contribution in [0.4, 0.5) is 0 Å². The molecule has 0 unspecified atom stereocenters. The van der Waals surface area contributed by atoms with E-state index < -0.39 is 5.41 Å². The Bertz CT molecular complexity index is 461. The van der Waals surface area contributed by atoms with Crippen molar-refractivity contribution in [2.24, 2.45) is 5.41 Å². The minimum absolute atomic E-state index is 0.138. The van der Waals surface area contributed by atoms with E-state index in [9.17, 15) is 9.90 Å². The van der Waals surface area contributed by atoms with Gasteiger partial charge in [0.1, 0.15) is 5.75 Å². The van der Waals surface area contributed by atoms with E-state index in [2.05, 4.69) is 5.32 Å². The maximum atomic E-state index is 12.9. The van der Waals surface area contributed by atoms with Gasteiger partial charge in [-0.15, -0.1) is 0 Å². The molecule has 1 fully saturated rings. The number of hydrogen-bond acceptors (Lipinski definition) is 4. The third-order valence-electron chi connectivity index (χ3n) is 4.14. The van der Waals surface area contributed by atoms with Crippen LogP contribution in [0.5, 0.6) is 5.75 Å². The number of nitrogens with zero attached hydrogens (tertiary/aromatic N) is 1. The van der Waals surface area contributed by atoms with E-state index in [0.717, 1.165) is 31.5 Å². The monoisotopic (exact) mass is 292 g/mol. The van der Waals surface area contributed by atoms with Crippen LogP contribution in [0.3, 0.4) is 0 Å². The zero-order valence-electron chi connectivity index (χ0n) is 12.8. The Morgan fingerprint density at radius 1 is 1.33 bits per heavy atom. The third-order valence-corrected chi connectivity index (χ3v) is 4.14. The molecule has 0 aromatic heterocycles. The molecular formula is C16H24N2O3. The number of ether oxygens (including phenoxy) is 1. The van der Waals surface area contributed by atoms with Gasteiger partial charge in [0.15, 0.2) is 0 Å². The number of aromatic hydroxyl groups is 1. The van der Waals surface area contributed by atoms with Gasteiger partial charge in [0.2, 0.25) is 5.91 Å². The van der Waals surface area contributed by atoms with E-state index in [1.165, 1.54) is 0 Å². The zero-order valence-corrected chi connectivity index (χ0v) is 12.8. The molecule has 116 valence electrons. The van der Waals surface area contributed by atoms with Gasteiger partial charge in [-0.3, -0.25) is 4.79 Å². The molecule has 1 aromatic rings. The normalized spacial score (nSPS) is 17.4. The fourth-order valence-electron chi connectivity index (χ4n) is 2.95. The van der Waals surface area contributed by atoms with E-state index in [0.29, 0.717) is 13.2 Å². The predicted octanol–water partition coefficient (Wildman–Crippen LogP) is 1.37. The van der Waals surface area contributed by atoms with Crippen LogP contribution in [-0.2, 0) is 16.1 Å². The highest BCUT2D eigenvalue weighted by molar-refractivity contribution is 5.83. The number of carbonyl (C=O) groups excluding carboxylic acids is 1. The van der Waals surface area contributed by atoms with Crippen LogP contribution in [0.15, 0.2) is 24.3 Å². The average molecular weight is 292 g/mol. The Labute approximate surface area is 125 Å². The molecule has 2 N–H and O–H groups in total. The molecule has 1 aliphatic heterocycles. The smallest absolute Gasteiger partial charge is 0.231 e. The van der Waals surface area contributed by atoms with Crippen molar-refractivity contribution in [3.8, 4) is 5.75 Å². The number of phenols is 1. The number of benzene rings is 1. The summed E-state index contributed by atoms with van der Waals surface area (Å²) in [6.07, 6.45) is 1.61. The van der Waals surface area contributed by atoms with E-state index in [1.807, 2.05) is 19.2 Å². The van der Waals surface area contributed by atoms with Crippen LogP contribution < -0.4 is 5.32 Å². The standard InChI is InChI=1S/C16H24N2O3/c1-18(11-13-3-5-14(19)6-4-13)15(20)16(12-21-2)7-9-17-10-8-16/h3-6,17,19H,7-12H2,1-2H3. The van der Waals surface area contributed by atoms with Crippen LogP contribution in [0.1, 0.15) is 18.4 Å². The second-order valence-corrected chi connectivity index (χ2v) is 5.79. The largest absolute Gasteiger partial charge is 0.508 e. The molecule has 1 amide bonds. The van der Waals surface area contributed by atoms with Crippen LogP contribution in [-0.4, -0.2) is 49.8 Å². The lowest BCUT2D eigenvalue weighted by Crippen LogP contribution is -2.50. The van der Waals surface area contributed by atoms with Gasteiger partial charge in [-0.25, -0.2) is 0 Å². The highest BCUT2D eigenvalue weighted by Crippen LogP contribution is 2.31. The maximum Gasteiger partial charge on any atom is 0.231 e. The van der Waals surface area contributed by atoms with E-state index in [-0.39, 0.29) is 11.7 Å². The number of carbonyl (C=O) groups is 1. The van der Waals surface area contributed by atoms with Crippen molar-refractivity contribution in [2.45, 2.75) is 19.4 Å². The van der Waals surface area contributed by atoms with Gasteiger partial charge >= 0.3 is 0 Å². The summed E-state index contributed by atoms with van der Waals surface area (Å²) >= 11 is 0. The molecule has 21 heavy (non-hydrogen) atoms. The first kappa shape index (κ1) is 15.8. The second kappa shape index (κ2) is 6.91. The quantitative estimate of drug-likeness (QED) is 0.860. The van der Waals surface area contributed by atoms with Gasteiger partial charge in [0, 0.05) is 20.7 Å². The number of rotatable bonds is 5. The number of amides is 1. The summed E-state index contributed by atoms with van der Waals surface area (Å²) in [7, 11) is 3.48. The molecule has 5 heteroatoms. The summed E-state index contributed by atoms with van der Waals surface area (Å²) in [6, 6.07) is 6.96. The highest BCUT2D eigenvalue weighted by atomic mass is 16.5. The van der Waals surface area contributed by atoms with Crippen LogP contribution in [0.25, 0.3) is 0 Å². The highest BCUT2D eigenvalue weighted by Gasteiger charge is 2.41. The van der Waals surface area contributed by atoms with Crippen LogP contribution in [0.2, 0.25) is 0 Å². The minimum atomic E-state index is -0.411. The Morgan fingerprint density at radius 2 is 1.95 bits per heavy atom. The van der Waals surface area contributed by atoms with E-state index in [1.54, 1.807) is 24.1 Å². The van der Waals surface area contributed by atoms with Crippen molar-refractivity contribution in [2.75, 3.05) is 33.9 Å². The topological polar surface area (TPSA) is 61.8 Å². The summed E-state index contributed by atoms with van der Waals surface area (Å²) in [5.74, 6) is 0.376. The van der Waals surface area contributed by atoms with Crippen molar-refractivity contribution in [3.05, 3.63) is 29.8 Å². The van der Waals surface area contributed by atoms with Gasteiger partial charge in [-0.1, -0.05) is 12.1 Å². The van der Waals surface area contributed by atoms with Gasteiger partial charge in [0.05, 0.1) is 12.0 Å². The lowest BCUT2D eigenvalue weighted by Gasteiger charge is -2.38.